The highest BCUT2D eigenvalue weighted by Crippen LogP contribution is 2.29. The van der Waals surface area contributed by atoms with E-state index in [0.29, 0.717) is 35.9 Å². The first-order valence-corrected chi connectivity index (χ1v) is 11.7. The van der Waals surface area contributed by atoms with E-state index < -0.39 is 6.03 Å². The molecule has 0 saturated carbocycles. The van der Waals surface area contributed by atoms with Crippen molar-refractivity contribution in [3.8, 4) is 11.5 Å². The van der Waals surface area contributed by atoms with E-state index in [-0.39, 0.29) is 31.4 Å². The van der Waals surface area contributed by atoms with E-state index in [1.165, 1.54) is 24.1 Å². The summed E-state index contributed by atoms with van der Waals surface area (Å²) in [4.78, 5) is 29.6. The first-order chi connectivity index (χ1) is 17.3. The second-order valence-corrected chi connectivity index (χ2v) is 8.31. The van der Waals surface area contributed by atoms with Gasteiger partial charge in [-0.15, -0.1) is 0 Å². The van der Waals surface area contributed by atoms with E-state index in [1.807, 2.05) is 26.0 Å². The molecule has 36 heavy (non-hydrogen) atoms. The van der Waals surface area contributed by atoms with Gasteiger partial charge < -0.3 is 29.0 Å². The number of anilines is 1. The number of urea groups is 1. The number of amides is 3. The van der Waals surface area contributed by atoms with E-state index in [1.54, 1.807) is 42.3 Å². The van der Waals surface area contributed by atoms with Gasteiger partial charge in [-0.1, -0.05) is 19.1 Å². The Hall–Kier alpha value is -4.01. The van der Waals surface area contributed by atoms with Crippen LogP contribution in [0.1, 0.15) is 30.4 Å². The maximum absolute atomic E-state index is 13.4. The maximum atomic E-state index is 13.4. The van der Waals surface area contributed by atoms with Crippen LogP contribution in [-0.2, 0) is 17.9 Å². The molecule has 1 aromatic heterocycles. The summed E-state index contributed by atoms with van der Waals surface area (Å²) in [6.07, 6.45) is 0.662. The minimum atomic E-state index is -0.427. The number of aryl methyl sites for hydroxylation is 1. The highest BCUT2D eigenvalue weighted by atomic mass is 19.1. The van der Waals surface area contributed by atoms with E-state index >= 15 is 0 Å². The maximum Gasteiger partial charge on any atom is 0.322 e. The molecule has 0 spiro atoms. The normalized spacial score (nSPS) is 10.6. The number of carbonyl (C=O) groups is 2. The summed E-state index contributed by atoms with van der Waals surface area (Å²) in [5.41, 5.74) is 1.23. The molecular weight excluding hydrogens is 465 g/mol. The second-order valence-electron chi connectivity index (χ2n) is 8.31. The molecule has 3 rings (SSSR count). The minimum Gasteiger partial charge on any atom is -0.497 e. The summed E-state index contributed by atoms with van der Waals surface area (Å²) in [5, 5.41) is 2.83. The van der Waals surface area contributed by atoms with Gasteiger partial charge in [-0.05, 0) is 55.3 Å². The van der Waals surface area contributed by atoms with Gasteiger partial charge in [-0.2, -0.15) is 0 Å². The van der Waals surface area contributed by atoms with Crippen LogP contribution in [0.3, 0.4) is 0 Å². The molecule has 0 aliphatic heterocycles. The predicted molar refractivity (Wildman–Crippen MR) is 135 cm³/mol. The van der Waals surface area contributed by atoms with Crippen molar-refractivity contribution in [3.05, 3.63) is 77.5 Å². The lowest BCUT2D eigenvalue weighted by molar-refractivity contribution is -0.133. The first kappa shape index (κ1) is 26.6. The lowest BCUT2D eigenvalue weighted by Gasteiger charge is -2.27. The summed E-state index contributed by atoms with van der Waals surface area (Å²) in [6.45, 7) is 4.46. The number of nitrogens with one attached hydrogen (secondary N) is 1. The molecule has 192 valence electrons. The topological polar surface area (TPSA) is 84.3 Å². The van der Waals surface area contributed by atoms with Crippen LogP contribution in [0, 0.1) is 12.7 Å². The fourth-order valence-electron chi connectivity index (χ4n) is 3.68. The predicted octanol–water partition coefficient (Wildman–Crippen LogP) is 5.22. The van der Waals surface area contributed by atoms with Gasteiger partial charge in [0, 0.05) is 19.2 Å². The standard InChI is InChI=1S/C27H32FN3O5/c1-5-14-30(27(33)29-24-13-12-22(34-3)15-25(24)35-4)18-26(32)31(17-23-11-6-19(2)36-23)16-20-7-9-21(28)10-8-20/h6-13,15H,5,14,16-18H2,1-4H3,(H,29,33). The van der Waals surface area contributed by atoms with Gasteiger partial charge in [0.2, 0.25) is 5.91 Å². The van der Waals surface area contributed by atoms with E-state index in [2.05, 4.69) is 5.32 Å². The van der Waals surface area contributed by atoms with Crippen molar-refractivity contribution in [2.24, 2.45) is 0 Å². The fraction of sp³-hybridized carbons (Fsp3) is 0.333. The molecule has 0 saturated heterocycles. The van der Waals surface area contributed by atoms with Crippen molar-refractivity contribution in [3.63, 3.8) is 0 Å². The first-order valence-electron chi connectivity index (χ1n) is 11.7. The molecule has 1 N–H and O–H groups in total. The van der Waals surface area contributed by atoms with Crippen molar-refractivity contribution < 1.29 is 27.9 Å². The van der Waals surface area contributed by atoms with Gasteiger partial charge in [-0.3, -0.25) is 4.79 Å². The average Bonchev–Trinajstić information content (AvgIpc) is 3.29. The zero-order valence-corrected chi connectivity index (χ0v) is 21.0. The van der Waals surface area contributed by atoms with Crippen molar-refractivity contribution in [2.75, 3.05) is 32.6 Å². The number of halogens is 1. The lowest BCUT2D eigenvalue weighted by Crippen LogP contribution is -2.44. The van der Waals surface area contributed by atoms with Crippen LogP contribution < -0.4 is 14.8 Å². The summed E-state index contributed by atoms with van der Waals surface area (Å²) < 4.78 is 29.6. The number of nitrogens with zero attached hydrogens (tertiary/aromatic N) is 2. The van der Waals surface area contributed by atoms with E-state index in [4.69, 9.17) is 13.9 Å². The van der Waals surface area contributed by atoms with Gasteiger partial charge in [0.05, 0.1) is 26.5 Å². The van der Waals surface area contributed by atoms with Crippen molar-refractivity contribution in [1.29, 1.82) is 0 Å². The van der Waals surface area contributed by atoms with Gasteiger partial charge in [0.25, 0.3) is 0 Å². The smallest absolute Gasteiger partial charge is 0.322 e. The Morgan fingerprint density at radius 1 is 0.972 bits per heavy atom. The molecule has 3 aromatic rings. The Bertz CT molecular complexity index is 1160. The number of hydrogen-bond acceptors (Lipinski definition) is 5. The van der Waals surface area contributed by atoms with Gasteiger partial charge in [0.15, 0.2) is 0 Å². The monoisotopic (exact) mass is 497 g/mol. The molecule has 2 aromatic carbocycles. The Morgan fingerprint density at radius 2 is 1.72 bits per heavy atom. The molecular formula is C27H32FN3O5. The van der Waals surface area contributed by atoms with Crippen molar-refractivity contribution in [2.45, 2.75) is 33.4 Å². The summed E-state index contributed by atoms with van der Waals surface area (Å²) >= 11 is 0. The molecule has 0 atom stereocenters. The molecule has 0 fully saturated rings. The molecule has 3 amide bonds. The lowest BCUT2D eigenvalue weighted by atomic mass is 10.2. The molecule has 9 heteroatoms. The third-order valence-electron chi connectivity index (χ3n) is 5.54. The highest BCUT2D eigenvalue weighted by Gasteiger charge is 2.23. The molecule has 0 unspecified atom stereocenters. The fourth-order valence-corrected chi connectivity index (χ4v) is 3.68. The summed E-state index contributed by atoms with van der Waals surface area (Å²) in [6, 6.07) is 14.3. The second kappa shape index (κ2) is 12.6. The summed E-state index contributed by atoms with van der Waals surface area (Å²) in [7, 11) is 3.05. The van der Waals surface area contributed by atoms with Crippen LogP contribution in [0.25, 0.3) is 0 Å². The molecule has 8 nitrogen and oxygen atoms in total. The molecule has 0 aliphatic rings. The van der Waals surface area contributed by atoms with Gasteiger partial charge in [-0.25, -0.2) is 9.18 Å². The number of hydrogen-bond donors (Lipinski definition) is 1. The van der Waals surface area contributed by atoms with Gasteiger partial charge >= 0.3 is 6.03 Å². The number of carbonyl (C=O) groups excluding carboxylic acids is 2. The van der Waals surface area contributed by atoms with Crippen LogP contribution in [-0.4, -0.2) is 49.0 Å². The molecule has 0 bridgehead atoms. The highest BCUT2D eigenvalue weighted by molar-refractivity contribution is 5.93. The van der Waals surface area contributed by atoms with Crippen LogP contribution >= 0.6 is 0 Å². The van der Waals surface area contributed by atoms with Crippen molar-refractivity contribution in [1.82, 2.24) is 9.80 Å². The third kappa shape index (κ3) is 7.24. The van der Waals surface area contributed by atoms with E-state index in [9.17, 15) is 14.0 Å². The van der Waals surface area contributed by atoms with Crippen molar-refractivity contribution >= 4 is 17.6 Å². The van der Waals surface area contributed by atoms with Crippen LogP contribution in [0.4, 0.5) is 14.9 Å². The quantitative estimate of drug-likeness (QED) is 0.393. The van der Waals surface area contributed by atoms with Crippen LogP contribution in [0.5, 0.6) is 11.5 Å². The largest absolute Gasteiger partial charge is 0.497 e. The van der Waals surface area contributed by atoms with E-state index in [0.717, 1.165) is 11.3 Å². The Kier molecular flexibility index (Phi) is 9.32. The number of rotatable bonds is 11. The SMILES string of the molecule is CCCN(CC(=O)N(Cc1ccc(F)cc1)Cc1ccc(C)o1)C(=O)Nc1ccc(OC)cc1OC. The zero-order chi connectivity index (χ0) is 26.1. The number of ether oxygens (including phenoxy) is 2. The number of furan rings is 1. The third-order valence-corrected chi connectivity index (χ3v) is 5.54. The van der Waals surface area contributed by atoms with Gasteiger partial charge in [0.1, 0.15) is 35.4 Å². The van der Waals surface area contributed by atoms with Crippen LogP contribution in [0.2, 0.25) is 0 Å². The summed E-state index contributed by atoms with van der Waals surface area (Å²) in [5.74, 6) is 1.78. The Balaban J connectivity index is 1.77. The Labute approximate surface area is 210 Å². The number of benzene rings is 2. The molecule has 0 radical (unpaired) electrons. The number of methoxy groups -OCH3 is 2. The Morgan fingerprint density at radius 3 is 2.33 bits per heavy atom. The molecule has 0 aliphatic carbocycles. The van der Waals surface area contributed by atoms with Crippen LogP contribution in [0.15, 0.2) is 59.0 Å². The minimum absolute atomic E-state index is 0.140. The average molecular weight is 498 g/mol. The zero-order valence-electron chi connectivity index (χ0n) is 21.0. The molecule has 1 heterocycles.